The molecule has 3 amide bonds. The standard InChI is InChI=1S/C33H58N4O20/c1-11(42)34-18-23(46)27(15(8-39)51-30(18)50)55-31-19(35-12(2)43)24(47)28(16(9-40)53-31)56-32-20(36-13(3)44)25(48)29(17(10-41)54-32)57-33-21(37(4,5)6)26(49)22(45)14(7-38)52-33/h14-33,38-41,45-50H,7-10H2,1-6H3,(H2-,34,35,36,42,43,44)/p+1/t14-,15-,16-,17-,18-,19-,20-,21-,22-,23-,24-,25-,26-,27-,28-,29-,30?,31+,32+,33+/m1/s1. The lowest BCUT2D eigenvalue weighted by Gasteiger charge is -2.51. The summed E-state index contributed by atoms with van der Waals surface area (Å²) in [5.41, 5.74) is 0. The van der Waals surface area contributed by atoms with E-state index in [0.29, 0.717) is 0 Å². The van der Waals surface area contributed by atoms with Gasteiger partial charge in [-0.2, -0.15) is 0 Å². The highest BCUT2D eigenvalue weighted by atomic mass is 16.8. The van der Waals surface area contributed by atoms with Crippen molar-refractivity contribution in [3.63, 3.8) is 0 Å². The summed E-state index contributed by atoms with van der Waals surface area (Å²) in [7, 11) is 5.01. The lowest BCUT2D eigenvalue weighted by atomic mass is 9.92. The van der Waals surface area contributed by atoms with Crippen LogP contribution in [0.25, 0.3) is 0 Å². The van der Waals surface area contributed by atoms with E-state index in [2.05, 4.69) is 16.0 Å². The molecule has 4 rings (SSSR count). The number of likely N-dealkylation sites (N-methyl/N-ethyl adjacent to an activating group) is 1. The normalized spacial score (nSPS) is 44.2. The zero-order chi connectivity index (χ0) is 42.7. The number of carbonyl (C=O) groups is 3. The number of hydrogen-bond donors (Lipinski definition) is 13. The van der Waals surface area contributed by atoms with E-state index in [1.54, 1.807) is 21.1 Å². The minimum atomic E-state index is -1.86. The fraction of sp³-hybridized carbons (Fsp3) is 0.909. The lowest BCUT2D eigenvalue weighted by molar-refractivity contribution is -0.910. The predicted molar refractivity (Wildman–Crippen MR) is 184 cm³/mol. The SMILES string of the molecule is CC(=O)N[C@H]1[C@H](O[C@H]2[C@H](O)[C@@H](NC(C)=O)C(O)O[C@@H]2CO)O[C@H](CO)[C@@H](O[C@@H]2O[C@H](CO)[C@@H](O[C@@H]3O[C@H](CO)[C@@H](O)[C@H](O)[C@H]3[N+](C)(C)C)[C@H](O)[C@H]2NC(C)=O)[C@@H]1O. The lowest BCUT2D eigenvalue weighted by Crippen LogP contribution is -2.72. The molecule has 4 aliphatic heterocycles. The van der Waals surface area contributed by atoms with Crippen LogP contribution in [0, 0.1) is 0 Å². The summed E-state index contributed by atoms with van der Waals surface area (Å²) in [6.07, 6.45) is -25.5. The van der Waals surface area contributed by atoms with E-state index in [0.717, 1.165) is 20.8 Å². The Labute approximate surface area is 327 Å². The number of hydrogen-bond acceptors (Lipinski definition) is 20. The Morgan fingerprint density at radius 2 is 0.825 bits per heavy atom. The van der Waals surface area contributed by atoms with Crippen LogP contribution in [0.3, 0.4) is 0 Å². The number of carbonyl (C=O) groups excluding carboxylic acids is 3. The Morgan fingerprint density at radius 1 is 0.491 bits per heavy atom. The monoisotopic (exact) mass is 831 g/mol. The molecule has 4 aliphatic rings. The van der Waals surface area contributed by atoms with Crippen LogP contribution in [-0.2, 0) is 47.5 Å². The fourth-order valence-electron chi connectivity index (χ4n) is 7.59. The molecule has 0 aromatic rings. The van der Waals surface area contributed by atoms with Crippen LogP contribution in [0.15, 0.2) is 0 Å². The molecule has 4 heterocycles. The van der Waals surface area contributed by atoms with Crippen molar-refractivity contribution in [2.75, 3.05) is 47.6 Å². The molecule has 24 nitrogen and oxygen atoms in total. The Morgan fingerprint density at radius 3 is 1.19 bits per heavy atom. The van der Waals surface area contributed by atoms with Gasteiger partial charge in [0.15, 0.2) is 24.9 Å². The number of rotatable bonds is 14. The van der Waals surface area contributed by atoms with Crippen molar-refractivity contribution < 1.29 is 103 Å². The molecular formula is C33H59N4O20+. The van der Waals surface area contributed by atoms with E-state index in [1.165, 1.54) is 0 Å². The average molecular weight is 832 g/mol. The van der Waals surface area contributed by atoms with Gasteiger partial charge in [0.2, 0.25) is 24.0 Å². The highest BCUT2D eigenvalue weighted by molar-refractivity contribution is 5.74. The van der Waals surface area contributed by atoms with Crippen molar-refractivity contribution in [1.29, 1.82) is 0 Å². The van der Waals surface area contributed by atoms with Gasteiger partial charge < -0.3 is 105 Å². The molecule has 1 unspecified atom stereocenters. The topological polar surface area (TPSA) is 354 Å². The second-order valence-corrected chi connectivity index (χ2v) is 15.5. The summed E-state index contributed by atoms with van der Waals surface area (Å²) in [6, 6.07) is -5.57. The Bertz CT molecular complexity index is 1350. The first-order chi connectivity index (χ1) is 26.7. The Balaban J connectivity index is 1.62. The number of quaternary nitrogens is 1. The first kappa shape index (κ1) is 47.4. The van der Waals surface area contributed by atoms with Gasteiger partial charge in [-0.3, -0.25) is 14.4 Å². The van der Waals surface area contributed by atoms with Gasteiger partial charge in [0.05, 0.1) is 47.6 Å². The van der Waals surface area contributed by atoms with Crippen molar-refractivity contribution in [1.82, 2.24) is 16.0 Å². The van der Waals surface area contributed by atoms with Gasteiger partial charge in [0, 0.05) is 20.8 Å². The number of nitrogens with zero attached hydrogens (tertiary/aromatic N) is 1. The summed E-state index contributed by atoms with van der Waals surface area (Å²) in [5.74, 6) is -2.07. The Kier molecular flexibility index (Phi) is 16.5. The third-order valence-corrected chi connectivity index (χ3v) is 10.3. The highest BCUT2D eigenvalue weighted by Crippen LogP contribution is 2.35. The third kappa shape index (κ3) is 10.7. The first-order valence-electron chi connectivity index (χ1n) is 18.4. The molecule has 0 aromatic heterocycles. The van der Waals surface area contributed by atoms with Gasteiger partial charge in [-0.05, 0) is 0 Å². The number of aliphatic hydroxyl groups is 10. The van der Waals surface area contributed by atoms with Crippen molar-refractivity contribution in [3.05, 3.63) is 0 Å². The zero-order valence-electron chi connectivity index (χ0n) is 32.4. The summed E-state index contributed by atoms with van der Waals surface area (Å²) in [6.45, 7) is 0.0746. The van der Waals surface area contributed by atoms with E-state index in [4.69, 9.17) is 33.2 Å². The Hall–Kier alpha value is -2.31. The summed E-state index contributed by atoms with van der Waals surface area (Å²) >= 11 is 0. The molecule has 24 heteroatoms. The number of ether oxygens (including phenoxy) is 7. The summed E-state index contributed by atoms with van der Waals surface area (Å²) in [4.78, 5) is 36.6. The number of amides is 3. The van der Waals surface area contributed by atoms with E-state index in [9.17, 15) is 65.4 Å². The van der Waals surface area contributed by atoms with Crippen LogP contribution in [0.2, 0.25) is 0 Å². The predicted octanol–water partition coefficient (Wildman–Crippen LogP) is -8.60. The fourth-order valence-corrected chi connectivity index (χ4v) is 7.59. The van der Waals surface area contributed by atoms with Crippen LogP contribution in [0.4, 0.5) is 0 Å². The highest BCUT2D eigenvalue weighted by Gasteiger charge is 2.57. The minimum absolute atomic E-state index is 0.0388. The summed E-state index contributed by atoms with van der Waals surface area (Å²) < 4.78 is 41.2. The molecule has 13 N–H and O–H groups in total. The van der Waals surface area contributed by atoms with Crippen LogP contribution in [0.5, 0.6) is 0 Å². The van der Waals surface area contributed by atoms with Gasteiger partial charge in [-0.15, -0.1) is 0 Å². The maximum absolute atomic E-state index is 12.5. The van der Waals surface area contributed by atoms with E-state index < -0.39 is 167 Å². The number of aliphatic hydroxyl groups excluding tert-OH is 10. The van der Waals surface area contributed by atoms with Gasteiger partial charge in [-0.25, -0.2) is 0 Å². The van der Waals surface area contributed by atoms with Crippen LogP contribution in [-0.4, -0.2) is 243 Å². The molecule has 57 heavy (non-hydrogen) atoms. The van der Waals surface area contributed by atoms with Gasteiger partial charge in [-0.1, -0.05) is 0 Å². The zero-order valence-corrected chi connectivity index (χ0v) is 32.4. The van der Waals surface area contributed by atoms with E-state index in [-0.39, 0.29) is 4.48 Å². The largest absolute Gasteiger partial charge is 0.394 e. The quantitative estimate of drug-likeness (QED) is 0.0723. The van der Waals surface area contributed by atoms with Crippen molar-refractivity contribution in [2.45, 2.75) is 143 Å². The maximum atomic E-state index is 12.5. The summed E-state index contributed by atoms with van der Waals surface area (Å²) in [5, 5.41) is 114. The van der Waals surface area contributed by atoms with E-state index in [1.807, 2.05) is 0 Å². The molecule has 330 valence electrons. The second kappa shape index (κ2) is 19.8. The molecule has 4 saturated heterocycles. The second-order valence-electron chi connectivity index (χ2n) is 15.5. The molecule has 0 aromatic carbocycles. The molecule has 0 radical (unpaired) electrons. The van der Waals surface area contributed by atoms with Crippen molar-refractivity contribution in [2.24, 2.45) is 0 Å². The molecule has 0 aliphatic carbocycles. The van der Waals surface area contributed by atoms with Crippen LogP contribution < -0.4 is 16.0 Å². The molecule has 0 saturated carbocycles. The minimum Gasteiger partial charge on any atom is -0.394 e. The van der Waals surface area contributed by atoms with Crippen LogP contribution >= 0.6 is 0 Å². The molecule has 20 atom stereocenters. The van der Waals surface area contributed by atoms with Crippen LogP contribution in [0.1, 0.15) is 20.8 Å². The van der Waals surface area contributed by atoms with Gasteiger partial charge in [0.25, 0.3) is 0 Å². The maximum Gasteiger partial charge on any atom is 0.217 e. The molecule has 0 bridgehead atoms. The number of nitrogens with one attached hydrogen (secondary N) is 3. The van der Waals surface area contributed by atoms with E-state index >= 15 is 0 Å². The first-order valence-corrected chi connectivity index (χ1v) is 18.4. The molecule has 4 fully saturated rings. The third-order valence-electron chi connectivity index (χ3n) is 10.3. The molecular weight excluding hydrogens is 772 g/mol. The molecule has 0 spiro atoms. The van der Waals surface area contributed by atoms with Gasteiger partial charge in [0.1, 0.15) is 91.4 Å². The average Bonchev–Trinajstić information content (AvgIpc) is 3.12. The van der Waals surface area contributed by atoms with Crippen molar-refractivity contribution in [3.8, 4) is 0 Å². The van der Waals surface area contributed by atoms with Crippen molar-refractivity contribution >= 4 is 17.7 Å². The van der Waals surface area contributed by atoms with Gasteiger partial charge >= 0.3 is 0 Å². The smallest absolute Gasteiger partial charge is 0.217 e.